The van der Waals surface area contributed by atoms with Crippen LogP contribution < -0.4 is 16.4 Å². The standard InChI is InChI=1S/C24H34ClN5O/c1-24(2)13-16(10-11-31-24)14-27-22-5-3-4-21(30-22)19-12-23(28-15-20(19)25)29-18-8-6-17(26)7-9-18/h3-5,12,15-18H,6-11,13-14,26H2,1-2H3,(H,27,30)(H,28,29)/t16-,17?,18?/m1/s1. The molecule has 2 aliphatic rings. The Labute approximate surface area is 190 Å². The number of pyridine rings is 2. The first-order chi connectivity index (χ1) is 14.9. The molecule has 7 heteroatoms. The third-order valence-corrected chi connectivity index (χ3v) is 6.68. The van der Waals surface area contributed by atoms with Gasteiger partial charge < -0.3 is 21.1 Å². The quantitative estimate of drug-likeness (QED) is 0.576. The van der Waals surface area contributed by atoms with Gasteiger partial charge in [0.15, 0.2) is 0 Å². The van der Waals surface area contributed by atoms with Crippen molar-refractivity contribution >= 4 is 23.2 Å². The Bertz CT molecular complexity index is 882. The second-order valence-electron chi connectivity index (χ2n) is 9.56. The Hall–Kier alpha value is -1.89. The first kappa shape index (κ1) is 22.3. The van der Waals surface area contributed by atoms with Crippen LogP contribution in [0.2, 0.25) is 5.02 Å². The van der Waals surface area contributed by atoms with Crippen LogP contribution in [0.3, 0.4) is 0 Å². The number of aromatic nitrogens is 2. The van der Waals surface area contributed by atoms with Gasteiger partial charge in [0.2, 0.25) is 0 Å². The van der Waals surface area contributed by atoms with Crippen molar-refractivity contribution < 1.29 is 4.74 Å². The fourth-order valence-electron chi connectivity index (χ4n) is 4.65. The van der Waals surface area contributed by atoms with Crippen molar-refractivity contribution in [2.24, 2.45) is 11.7 Å². The highest BCUT2D eigenvalue weighted by Gasteiger charge is 2.28. The van der Waals surface area contributed by atoms with Crippen LogP contribution in [0.15, 0.2) is 30.5 Å². The Morgan fingerprint density at radius 2 is 1.97 bits per heavy atom. The highest BCUT2D eigenvalue weighted by atomic mass is 35.5. The van der Waals surface area contributed by atoms with Crippen LogP contribution in [0, 0.1) is 5.92 Å². The number of nitrogens with one attached hydrogen (secondary N) is 2. The van der Waals surface area contributed by atoms with Gasteiger partial charge in [-0.1, -0.05) is 17.7 Å². The second-order valence-corrected chi connectivity index (χ2v) is 9.97. The molecule has 0 aromatic carbocycles. The van der Waals surface area contributed by atoms with Gasteiger partial charge in [0.05, 0.1) is 16.3 Å². The summed E-state index contributed by atoms with van der Waals surface area (Å²) in [7, 11) is 0. The Morgan fingerprint density at radius 3 is 2.74 bits per heavy atom. The summed E-state index contributed by atoms with van der Waals surface area (Å²) >= 11 is 6.49. The Balaban J connectivity index is 1.43. The topological polar surface area (TPSA) is 85.1 Å². The van der Waals surface area contributed by atoms with Crippen LogP contribution in [-0.2, 0) is 4.74 Å². The zero-order valence-electron chi connectivity index (χ0n) is 18.5. The first-order valence-electron chi connectivity index (χ1n) is 11.4. The molecule has 2 fully saturated rings. The number of anilines is 2. The SMILES string of the molecule is CC1(C)C[C@H](CNc2cccc(-c3cc(NC4CCC(N)CC4)ncc3Cl)n2)CCO1. The Morgan fingerprint density at radius 1 is 1.16 bits per heavy atom. The van der Waals surface area contributed by atoms with E-state index in [0.29, 0.717) is 23.0 Å². The maximum Gasteiger partial charge on any atom is 0.126 e. The molecule has 3 heterocycles. The lowest BCUT2D eigenvalue weighted by Gasteiger charge is -2.35. The summed E-state index contributed by atoms with van der Waals surface area (Å²) in [6.45, 7) is 6.04. The molecule has 0 radical (unpaired) electrons. The van der Waals surface area contributed by atoms with Gasteiger partial charge in [0, 0.05) is 37.0 Å². The van der Waals surface area contributed by atoms with Crippen molar-refractivity contribution in [1.29, 1.82) is 0 Å². The van der Waals surface area contributed by atoms with Gasteiger partial charge in [0.1, 0.15) is 11.6 Å². The summed E-state index contributed by atoms with van der Waals surface area (Å²) < 4.78 is 5.83. The summed E-state index contributed by atoms with van der Waals surface area (Å²) in [4.78, 5) is 9.31. The van der Waals surface area contributed by atoms with Crippen molar-refractivity contribution in [2.75, 3.05) is 23.8 Å². The van der Waals surface area contributed by atoms with E-state index in [9.17, 15) is 0 Å². The van der Waals surface area contributed by atoms with Crippen LogP contribution in [0.1, 0.15) is 52.4 Å². The summed E-state index contributed by atoms with van der Waals surface area (Å²) in [6.07, 6.45) is 8.09. The Kier molecular flexibility index (Phi) is 6.99. The maximum absolute atomic E-state index is 6.49. The molecule has 1 aliphatic heterocycles. The van der Waals surface area contributed by atoms with E-state index >= 15 is 0 Å². The molecular formula is C24H34ClN5O. The molecule has 6 nitrogen and oxygen atoms in total. The van der Waals surface area contributed by atoms with Crippen LogP contribution in [0.5, 0.6) is 0 Å². The van der Waals surface area contributed by atoms with E-state index in [1.54, 1.807) is 6.20 Å². The average molecular weight is 444 g/mol. The van der Waals surface area contributed by atoms with Crippen LogP contribution in [-0.4, -0.2) is 40.8 Å². The van der Waals surface area contributed by atoms with E-state index in [1.165, 1.54) is 0 Å². The molecule has 1 aliphatic carbocycles. The summed E-state index contributed by atoms with van der Waals surface area (Å²) in [5, 5.41) is 7.67. The van der Waals surface area contributed by atoms with Crippen molar-refractivity contribution in [2.45, 2.75) is 70.1 Å². The largest absolute Gasteiger partial charge is 0.376 e. The minimum absolute atomic E-state index is 0.0444. The fourth-order valence-corrected chi connectivity index (χ4v) is 4.85. The van der Waals surface area contributed by atoms with Gasteiger partial charge in [-0.15, -0.1) is 0 Å². The molecule has 0 spiro atoms. The number of rotatable bonds is 6. The molecule has 0 amide bonds. The number of ether oxygens (including phenoxy) is 1. The predicted octanol–water partition coefficient (Wildman–Crippen LogP) is 5.10. The van der Waals surface area contributed by atoms with Gasteiger partial charge in [-0.2, -0.15) is 0 Å². The third kappa shape index (κ3) is 6.09. The average Bonchev–Trinajstić information content (AvgIpc) is 2.75. The molecule has 1 atom stereocenters. The second kappa shape index (κ2) is 9.72. The van der Waals surface area contributed by atoms with Gasteiger partial charge >= 0.3 is 0 Å². The molecule has 2 aromatic heterocycles. The predicted molar refractivity (Wildman–Crippen MR) is 128 cm³/mol. The third-order valence-electron chi connectivity index (χ3n) is 6.38. The van der Waals surface area contributed by atoms with Crippen molar-refractivity contribution in [1.82, 2.24) is 9.97 Å². The van der Waals surface area contributed by atoms with Crippen LogP contribution in [0.25, 0.3) is 11.3 Å². The molecule has 1 saturated heterocycles. The summed E-state index contributed by atoms with van der Waals surface area (Å²) in [6, 6.07) is 8.76. The van der Waals surface area contributed by atoms with Crippen LogP contribution >= 0.6 is 11.6 Å². The van der Waals surface area contributed by atoms with E-state index in [4.69, 9.17) is 27.1 Å². The van der Waals surface area contributed by atoms with Crippen molar-refractivity contribution in [3.05, 3.63) is 35.5 Å². The lowest BCUT2D eigenvalue weighted by Crippen LogP contribution is -2.36. The molecule has 1 saturated carbocycles. The van der Waals surface area contributed by atoms with Crippen molar-refractivity contribution in [3.63, 3.8) is 0 Å². The van der Waals surface area contributed by atoms with Crippen molar-refractivity contribution in [3.8, 4) is 11.3 Å². The molecule has 168 valence electrons. The molecule has 4 rings (SSSR count). The van der Waals surface area contributed by atoms with E-state index in [1.807, 2.05) is 24.3 Å². The maximum atomic E-state index is 6.49. The first-order valence-corrected chi connectivity index (χ1v) is 11.8. The summed E-state index contributed by atoms with van der Waals surface area (Å²) in [5.41, 5.74) is 7.72. The number of nitrogens with zero attached hydrogens (tertiary/aromatic N) is 2. The summed E-state index contributed by atoms with van der Waals surface area (Å²) in [5.74, 6) is 2.29. The van der Waals surface area contributed by atoms with E-state index in [0.717, 1.165) is 74.6 Å². The minimum atomic E-state index is -0.0444. The number of nitrogens with two attached hydrogens (primary N) is 1. The number of halogens is 1. The van der Waals surface area contributed by atoms with Crippen LogP contribution in [0.4, 0.5) is 11.6 Å². The lowest BCUT2D eigenvalue weighted by atomic mass is 9.88. The molecule has 0 bridgehead atoms. The van der Waals surface area contributed by atoms with Gasteiger partial charge in [-0.05, 0) is 76.5 Å². The molecule has 31 heavy (non-hydrogen) atoms. The lowest BCUT2D eigenvalue weighted by molar-refractivity contribution is -0.0699. The molecular weight excluding hydrogens is 410 g/mol. The molecule has 0 unspecified atom stereocenters. The highest BCUT2D eigenvalue weighted by Crippen LogP contribution is 2.31. The monoisotopic (exact) mass is 443 g/mol. The zero-order valence-corrected chi connectivity index (χ0v) is 19.3. The molecule has 4 N–H and O–H groups in total. The van der Waals surface area contributed by atoms with E-state index in [2.05, 4.69) is 29.5 Å². The minimum Gasteiger partial charge on any atom is -0.376 e. The number of hydrogen-bond donors (Lipinski definition) is 3. The normalized spacial score (nSPS) is 25.7. The highest BCUT2D eigenvalue weighted by molar-refractivity contribution is 6.33. The number of hydrogen-bond acceptors (Lipinski definition) is 6. The van der Waals surface area contributed by atoms with Gasteiger partial charge in [-0.3, -0.25) is 0 Å². The smallest absolute Gasteiger partial charge is 0.126 e. The van der Waals surface area contributed by atoms with E-state index < -0.39 is 0 Å². The molecule has 2 aromatic rings. The fraction of sp³-hybridized carbons (Fsp3) is 0.583. The zero-order chi connectivity index (χ0) is 21.8. The van der Waals surface area contributed by atoms with Gasteiger partial charge in [0.25, 0.3) is 0 Å². The van der Waals surface area contributed by atoms with E-state index in [-0.39, 0.29) is 5.60 Å². The van der Waals surface area contributed by atoms with Gasteiger partial charge in [-0.25, -0.2) is 9.97 Å².